The van der Waals surface area contributed by atoms with E-state index < -0.39 is 8.32 Å². The fourth-order valence-electron chi connectivity index (χ4n) is 0.664. The molecule has 0 N–H and O–H groups in total. The third-order valence-corrected chi connectivity index (χ3v) is 1.98. The van der Waals surface area contributed by atoms with E-state index in [1.807, 2.05) is 26.6 Å². The Labute approximate surface area is 81.3 Å². The van der Waals surface area contributed by atoms with Gasteiger partial charge in [0.2, 0.25) is 0 Å². The SMILES string of the molecule is CCCC(=O)C(C)=NO[Si](C)(C)C. The van der Waals surface area contributed by atoms with Crippen molar-refractivity contribution in [1.82, 2.24) is 0 Å². The molecule has 0 unspecified atom stereocenters. The van der Waals surface area contributed by atoms with Crippen LogP contribution < -0.4 is 0 Å². The summed E-state index contributed by atoms with van der Waals surface area (Å²) in [4.78, 5) is 11.3. The number of carbonyl (C=O) groups is 1. The van der Waals surface area contributed by atoms with E-state index in [1.165, 1.54) is 0 Å². The molecule has 0 rings (SSSR count). The zero-order valence-electron chi connectivity index (χ0n) is 9.18. The number of carbonyl (C=O) groups excluding carboxylic acids is 1. The third-order valence-electron chi connectivity index (χ3n) is 1.34. The molecule has 0 bridgehead atoms. The molecule has 0 heterocycles. The van der Waals surface area contributed by atoms with E-state index in [1.54, 1.807) is 6.92 Å². The second-order valence-electron chi connectivity index (χ2n) is 4.05. The average molecular weight is 201 g/mol. The van der Waals surface area contributed by atoms with Crippen LogP contribution in [0, 0.1) is 0 Å². The van der Waals surface area contributed by atoms with Gasteiger partial charge in [-0.2, -0.15) is 0 Å². The van der Waals surface area contributed by atoms with Gasteiger partial charge in [0.25, 0.3) is 8.32 Å². The molecule has 76 valence electrons. The Bertz CT molecular complexity index is 206. The third kappa shape index (κ3) is 6.51. The van der Waals surface area contributed by atoms with Crippen molar-refractivity contribution in [1.29, 1.82) is 0 Å². The highest BCUT2D eigenvalue weighted by Crippen LogP contribution is 2.03. The van der Waals surface area contributed by atoms with Gasteiger partial charge in [-0.25, -0.2) is 0 Å². The summed E-state index contributed by atoms with van der Waals surface area (Å²) in [6, 6.07) is 0. The fraction of sp³-hybridized carbons (Fsp3) is 0.778. The molecule has 0 aromatic heterocycles. The molecule has 0 aliphatic heterocycles. The first-order chi connectivity index (χ1) is 5.87. The second-order valence-corrected chi connectivity index (χ2v) is 8.46. The Balaban J connectivity index is 4.09. The number of nitrogens with zero attached hydrogens (tertiary/aromatic N) is 1. The monoisotopic (exact) mass is 201 g/mol. The number of rotatable bonds is 5. The maximum Gasteiger partial charge on any atom is 0.278 e. The number of ketones is 1. The highest BCUT2D eigenvalue weighted by Gasteiger charge is 2.16. The molecule has 0 aliphatic carbocycles. The van der Waals surface area contributed by atoms with Crippen LogP contribution in [0.25, 0.3) is 0 Å². The van der Waals surface area contributed by atoms with Crippen LogP contribution >= 0.6 is 0 Å². The fourth-order valence-corrected chi connectivity index (χ4v) is 1.08. The molecule has 3 nitrogen and oxygen atoms in total. The molecule has 0 spiro atoms. The predicted molar refractivity (Wildman–Crippen MR) is 57.5 cm³/mol. The van der Waals surface area contributed by atoms with E-state index in [9.17, 15) is 4.79 Å². The van der Waals surface area contributed by atoms with E-state index in [0.29, 0.717) is 12.1 Å². The van der Waals surface area contributed by atoms with Gasteiger partial charge in [0, 0.05) is 6.42 Å². The van der Waals surface area contributed by atoms with Gasteiger partial charge in [0.05, 0.1) is 0 Å². The van der Waals surface area contributed by atoms with Crippen LogP contribution in [0.5, 0.6) is 0 Å². The molecule has 0 aliphatic rings. The van der Waals surface area contributed by atoms with E-state index >= 15 is 0 Å². The van der Waals surface area contributed by atoms with Crippen LogP contribution in [0.2, 0.25) is 19.6 Å². The molecular formula is C9H19NO2Si. The van der Waals surface area contributed by atoms with E-state index in [0.717, 1.165) is 6.42 Å². The Morgan fingerprint density at radius 1 is 1.38 bits per heavy atom. The summed E-state index contributed by atoms with van der Waals surface area (Å²) < 4.78 is 5.26. The van der Waals surface area contributed by atoms with Crippen molar-refractivity contribution < 1.29 is 9.32 Å². The first kappa shape index (κ1) is 12.4. The van der Waals surface area contributed by atoms with Gasteiger partial charge in [-0.05, 0) is 33.0 Å². The Morgan fingerprint density at radius 2 is 1.92 bits per heavy atom. The molecule has 0 amide bonds. The van der Waals surface area contributed by atoms with Crippen LogP contribution in [0.15, 0.2) is 5.16 Å². The number of oxime groups is 1. The zero-order valence-corrected chi connectivity index (χ0v) is 10.2. The summed E-state index contributed by atoms with van der Waals surface area (Å²) >= 11 is 0. The minimum absolute atomic E-state index is 0.0840. The van der Waals surface area contributed by atoms with E-state index in [-0.39, 0.29) is 5.78 Å². The highest BCUT2D eigenvalue weighted by atomic mass is 28.4. The van der Waals surface area contributed by atoms with Crippen molar-refractivity contribution in [3.63, 3.8) is 0 Å². The first-order valence-electron chi connectivity index (χ1n) is 4.63. The number of hydrogen-bond acceptors (Lipinski definition) is 3. The van der Waals surface area contributed by atoms with E-state index in [2.05, 4.69) is 5.16 Å². The first-order valence-corrected chi connectivity index (χ1v) is 8.03. The largest absolute Gasteiger partial charge is 0.455 e. The highest BCUT2D eigenvalue weighted by molar-refractivity contribution is 6.69. The molecule has 0 atom stereocenters. The Hall–Kier alpha value is -0.643. The van der Waals surface area contributed by atoms with Crippen LogP contribution in [0.4, 0.5) is 0 Å². The summed E-state index contributed by atoms with van der Waals surface area (Å²) in [5.41, 5.74) is 0.490. The van der Waals surface area contributed by atoms with Gasteiger partial charge in [-0.1, -0.05) is 6.92 Å². The number of hydrogen-bond donors (Lipinski definition) is 0. The lowest BCUT2D eigenvalue weighted by Gasteiger charge is -2.13. The summed E-state index contributed by atoms with van der Waals surface area (Å²) in [6.07, 6.45) is 1.42. The topological polar surface area (TPSA) is 38.7 Å². The van der Waals surface area contributed by atoms with Gasteiger partial charge in [0.1, 0.15) is 5.71 Å². The summed E-state index contributed by atoms with van der Waals surface area (Å²) in [5.74, 6) is 0.0840. The van der Waals surface area contributed by atoms with Crippen molar-refractivity contribution >= 4 is 19.8 Å². The van der Waals surface area contributed by atoms with Crippen LogP contribution in [0.3, 0.4) is 0 Å². The second kappa shape index (κ2) is 5.17. The quantitative estimate of drug-likeness (QED) is 0.389. The van der Waals surface area contributed by atoms with Gasteiger partial charge >= 0.3 is 0 Å². The summed E-state index contributed by atoms with van der Waals surface area (Å²) in [5, 5.41) is 3.84. The van der Waals surface area contributed by atoms with Crippen molar-refractivity contribution in [3.05, 3.63) is 0 Å². The minimum atomic E-state index is -1.63. The lowest BCUT2D eigenvalue weighted by atomic mass is 10.2. The standard InChI is InChI=1S/C9H19NO2Si/c1-6-7-9(11)8(2)10-12-13(3,4)5/h6-7H2,1-5H3. The van der Waals surface area contributed by atoms with Crippen molar-refractivity contribution in [2.24, 2.45) is 5.16 Å². The van der Waals surface area contributed by atoms with Gasteiger partial charge in [-0.3, -0.25) is 4.79 Å². The van der Waals surface area contributed by atoms with Crippen LogP contribution in [-0.4, -0.2) is 19.8 Å². The Kier molecular flexibility index (Phi) is 4.91. The predicted octanol–water partition coefficient (Wildman–Crippen LogP) is 2.58. The molecule has 0 radical (unpaired) electrons. The Morgan fingerprint density at radius 3 is 2.31 bits per heavy atom. The molecule has 0 fully saturated rings. The lowest BCUT2D eigenvalue weighted by Crippen LogP contribution is -2.24. The van der Waals surface area contributed by atoms with Crippen molar-refractivity contribution in [2.75, 3.05) is 0 Å². The van der Waals surface area contributed by atoms with Gasteiger partial charge in [-0.15, -0.1) is 5.16 Å². The minimum Gasteiger partial charge on any atom is -0.455 e. The lowest BCUT2D eigenvalue weighted by molar-refractivity contribution is -0.113. The maximum atomic E-state index is 11.3. The zero-order chi connectivity index (χ0) is 10.5. The normalized spacial score (nSPS) is 12.8. The summed E-state index contributed by atoms with van der Waals surface area (Å²) in [7, 11) is -1.63. The molecule has 0 saturated heterocycles. The van der Waals surface area contributed by atoms with Gasteiger partial charge < -0.3 is 4.53 Å². The molecule has 13 heavy (non-hydrogen) atoms. The van der Waals surface area contributed by atoms with E-state index in [4.69, 9.17) is 4.53 Å². The van der Waals surface area contributed by atoms with Crippen molar-refractivity contribution in [2.45, 2.75) is 46.3 Å². The van der Waals surface area contributed by atoms with Gasteiger partial charge in [0.15, 0.2) is 5.78 Å². The average Bonchev–Trinajstić information content (AvgIpc) is 1.99. The smallest absolute Gasteiger partial charge is 0.278 e. The molecule has 0 aromatic rings. The molecule has 0 aromatic carbocycles. The van der Waals surface area contributed by atoms with Crippen LogP contribution in [0.1, 0.15) is 26.7 Å². The molecule has 0 saturated carbocycles. The summed E-state index contributed by atoms with van der Waals surface area (Å²) in [6.45, 7) is 9.79. The molecule has 4 heteroatoms. The number of Topliss-reactive ketones (excluding diaryl/α,β-unsaturated/α-hetero) is 1. The molecular weight excluding hydrogens is 182 g/mol. The maximum absolute atomic E-state index is 11.3. The van der Waals surface area contributed by atoms with Crippen LogP contribution in [-0.2, 0) is 9.32 Å². The van der Waals surface area contributed by atoms with Crippen molar-refractivity contribution in [3.8, 4) is 0 Å².